The summed E-state index contributed by atoms with van der Waals surface area (Å²) in [6, 6.07) is 10.3. The van der Waals surface area contributed by atoms with E-state index in [1.807, 2.05) is 39.0 Å². The van der Waals surface area contributed by atoms with Gasteiger partial charge in [0.2, 0.25) is 11.8 Å². The first kappa shape index (κ1) is 26.2. The molecule has 0 radical (unpaired) electrons. The number of hydrogen-bond acceptors (Lipinski definition) is 4. The predicted molar refractivity (Wildman–Crippen MR) is 135 cm³/mol. The fourth-order valence-electron chi connectivity index (χ4n) is 3.83. The summed E-state index contributed by atoms with van der Waals surface area (Å²) >= 11 is 12.5. The van der Waals surface area contributed by atoms with Crippen LogP contribution in [0.5, 0.6) is 11.5 Å². The van der Waals surface area contributed by atoms with E-state index in [0.717, 1.165) is 17.5 Å². The molecule has 0 spiro atoms. The van der Waals surface area contributed by atoms with Crippen molar-refractivity contribution in [3.8, 4) is 11.5 Å². The molecule has 1 aliphatic heterocycles. The molecule has 1 heterocycles. The summed E-state index contributed by atoms with van der Waals surface area (Å²) in [6.07, 6.45) is 2.06. The molecule has 0 bridgehead atoms. The van der Waals surface area contributed by atoms with Gasteiger partial charge in [0.25, 0.3) is 0 Å². The molecule has 8 heteroatoms. The van der Waals surface area contributed by atoms with Gasteiger partial charge in [0.1, 0.15) is 19.3 Å². The van der Waals surface area contributed by atoms with E-state index in [-0.39, 0.29) is 30.8 Å². The van der Waals surface area contributed by atoms with Gasteiger partial charge in [0.05, 0.1) is 0 Å². The SMILES string of the molecule is CC[C@@H](C)NC(=O)[C@@H](CC)N(Cc1ccc(Cl)cc1Cl)C(=O)CCc1ccc2c(c1)OCCO2. The van der Waals surface area contributed by atoms with Crippen LogP contribution in [0.25, 0.3) is 0 Å². The number of benzene rings is 2. The minimum Gasteiger partial charge on any atom is -0.486 e. The first-order valence-electron chi connectivity index (χ1n) is 11.7. The maximum atomic E-state index is 13.5. The smallest absolute Gasteiger partial charge is 0.243 e. The average molecular weight is 507 g/mol. The number of nitrogens with zero attached hydrogens (tertiary/aromatic N) is 1. The normalized spacial score (nSPS) is 14.3. The van der Waals surface area contributed by atoms with Crippen LogP contribution in [0.1, 0.15) is 51.2 Å². The lowest BCUT2D eigenvalue weighted by atomic mass is 10.0. The Morgan fingerprint density at radius 1 is 1.03 bits per heavy atom. The van der Waals surface area contributed by atoms with Crippen molar-refractivity contribution in [3.05, 3.63) is 57.6 Å². The zero-order valence-electron chi connectivity index (χ0n) is 19.9. The number of carbonyl (C=O) groups excluding carboxylic acids is 2. The lowest BCUT2D eigenvalue weighted by Gasteiger charge is -2.32. The van der Waals surface area contributed by atoms with Gasteiger partial charge >= 0.3 is 0 Å². The molecule has 2 atom stereocenters. The molecule has 0 aliphatic carbocycles. The summed E-state index contributed by atoms with van der Waals surface area (Å²) in [7, 11) is 0. The third-order valence-corrected chi connectivity index (χ3v) is 6.56. The lowest BCUT2D eigenvalue weighted by molar-refractivity contribution is -0.141. The molecule has 1 N–H and O–H groups in total. The molecular formula is C26H32Cl2N2O4. The van der Waals surface area contributed by atoms with Gasteiger partial charge in [0, 0.05) is 29.1 Å². The first-order valence-corrected chi connectivity index (χ1v) is 12.5. The van der Waals surface area contributed by atoms with Gasteiger partial charge in [-0.25, -0.2) is 0 Å². The predicted octanol–water partition coefficient (Wildman–Crippen LogP) is 5.42. The third-order valence-electron chi connectivity index (χ3n) is 5.98. The zero-order chi connectivity index (χ0) is 24.7. The van der Waals surface area contributed by atoms with Crippen LogP contribution in [0.3, 0.4) is 0 Å². The van der Waals surface area contributed by atoms with Crippen LogP contribution in [-0.4, -0.2) is 42.0 Å². The Kier molecular flexibility index (Phi) is 9.48. The molecule has 0 fully saturated rings. The van der Waals surface area contributed by atoms with Crippen LogP contribution in [0.4, 0.5) is 0 Å². The average Bonchev–Trinajstić information content (AvgIpc) is 2.83. The van der Waals surface area contributed by atoms with Crippen molar-refractivity contribution < 1.29 is 19.1 Å². The van der Waals surface area contributed by atoms with Crippen molar-refractivity contribution in [1.29, 1.82) is 0 Å². The monoisotopic (exact) mass is 506 g/mol. The van der Waals surface area contributed by atoms with Crippen molar-refractivity contribution in [1.82, 2.24) is 10.2 Å². The highest BCUT2D eigenvalue weighted by Gasteiger charge is 2.29. The van der Waals surface area contributed by atoms with Gasteiger partial charge in [0.15, 0.2) is 11.5 Å². The summed E-state index contributed by atoms with van der Waals surface area (Å²) in [4.78, 5) is 28.2. The van der Waals surface area contributed by atoms with E-state index in [2.05, 4.69) is 5.32 Å². The van der Waals surface area contributed by atoms with Crippen LogP contribution >= 0.6 is 23.2 Å². The molecule has 2 aromatic carbocycles. The minimum atomic E-state index is -0.603. The molecule has 34 heavy (non-hydrogen) atoms. The van der Waals surface area contributed by atoms with Gasteiger partial charge in [-0.05, 0) is 61.6 Å². The largest absolute Gasteiger partial charge is 0.486 e. The minimum absolute atomic E-state index is 0.0235. The Hall–Kier alpha value is -2.44. The van der Waals surface area contributed by atoms with E-state index in [1.165, 1.54) is 0 Å². The number of aryl methyl sites for hydroxylation is 1. The van der Waals surface area contributed by atoms with Gasteiger partial charge < -0.3 is 19.7 Å². The summed E-state index contributed by atoms with van der Waals surface area (Å²) < 4.78 is 11.2. The molecule has 184 valence electrons. The fourth-order valence-corrected chi connectivity index (χ4v) is 4.30. The van der Waals surface area contributed by atoms with Gasteiger partial charge in [-0.1, -0.05) is 49.2 Å². The van der Waals surface area contributed by atoms with Crippen molar-refractivity contribution in [2.75, 3.05) is 13.2 Å². The summed E-state index contributed by atoms with van der Waals surface area (Å²) in [5.41, 5.74) is 1.72. The van der Waals surface area contributed by atoms with Crippen molar-refractivity contribution in [2.45, 2.75) is 65.1 Å². The molecule has 2 aromatic rings. The number of carbonyl (C=O) groups is 2. The van der Waals surface area contributed by atoms with E-state index in [1.54, 1.807) is 23.1 Å². The Bertz CT molecular complexity index is 1010. The van der Waals surface area contributed by atoms with E-state index >= 15 is 0 Å². The number of rotatable bonds is 10. The van der Waals surface area contributed by atoms with E-state index in [4.69, 9.17) is 32.7 Å². The van der Waals surface area contributed by atoms with Crippen LogP contribution in [0.15, 0.2) is 36.4 Å². The molecule has 2 amide bonds. The highest BCUT2D eigenvalue weighted by molar-refractivity contribution is 6.35. The zero-order valence-corrected chi connectivity index (χ0v) is 21.4. The number of ether oxygens (including phenoxy) is 2. The Balaban J connectivity index is 1.79. The van der Waals surface area contributed by atoms with Crippen molar-refractivity contribution in [2.24, 2.45) is 0 Å². The molecule has 0 saturated carbocycles. The molecule has 0 unspecified atom stereocenters. The van der Waals surface area contributed by atoms with Crippen LogP contribution in [0, 0.1) is 0 Å². The highest BCUT2D eigenvalue weighted by Crippen LogP contribution is 2.31. The molecule has 0 aromatic heterocycles. The maximum absolute atomic E-state index is 13.5. The third kappa shape index (κ3) is 6.80. The Morgan fingerprint density at radius 2 is 1.76 bits per heavy atom. The van der Waals surface area contributed by atoms with Crippen LogP contribution < -0.4 is 14.8 Å². The number of amides is 2. The second-order valence-electron chi connectivity index (χ2n) is 8.48. The van der Waals surface area contributed by atoms with Crippen LogP contribution in [-0.2, 0) is 22.6 Å². The van der Waals surface area contributed by atoms with Gasteiger partial charge in [-0.15, -0.1) is 0 Å². The van der Waals surface area contributed by atoms with Crippen LogP contribution in [0.2, 0.25) is 10.0 Å². The Labute approximate surface area is 211 Å². The van der Waals surface area contributed by atoms with E-state index < -0.39 is 6.04 Å². The van der Waals surface area contributed by atoms with Crippen molar-refractivity contribution in [3.63, 3.8) is 0 Å². The second kappa shape index (κ2) is 12.3. The Morgan fingerprint density at radius 3 is 2.44 bits per heavy atom. The molecule has 1 aliphatic rings. The molecular weight excluding hydrogens is 475 g/mol. The lowest BCUT2D eigenvalue weighted by Crippen LogP contribution is -2.50. The quantitative estimate of drug-likeness (QED) is 0.467. The van der Waals surface area contributed by atoms with Crippen molar-refractivity contribution >= 4 is 35.0 Å². The number of fused-ring (bicyclic) bond motifs is 1. The first-order chi connectivity index (χ1) is 16.3. The van der Waals surface area contributed by atoms with E-state index in [0.29, 0.717) is 47.6 Å². The summed E-state index contributed by atoms with van der Waals surface area (Å²) in [5.74, 6) is 1.13. The van der Waals surface area contributed by atoms with Gasteiger partial charge in [-0.3, -0.25) is 9.59 Å². The maximum Gasteiger partial charge on any atom is 0.243 e. The summed E-state index contributed by atoms with van der Waals surface area (Å²) in [6.45, 7) is 7.14. The summed E-state index contributed by atoms with van der Waals surface area (Å²) in [5, 5.41) is 4.00. The fraction of sp³-hybridized carbons (Fsp3) is 0.462. The number of hydrogen-bond donors (Lipinski definition) is 1. The standard InChI is InChI=1S/C26H32Cl2N2O4/c1-4-17(3)29-26(32)22(5-2)30(16-19-8-9-20(27)15-21(19)28)25(31)11-7-18-6-10-23-24(14-18)34-13-12-33-23/h6,8-10,14-15,17,22H,4-5,7,11-13,16H2,1-3H3,(H,29,32)/t17-,22-/m1/s1. The molecule has 6 nitrogen and oxygen atoms in total. The molecule has 0 saturated heterocycles. The van der Waals surface area contributed by atoms with E-state index in [9.17, 15) is 9.59 Å². The van der Waals surface area contributed by atoms with Gasteiger partial charge in [-0.2, -0.15) is 0 Å². The topological polar surface area (TPSA) is 67.9 Å². The highest BCUT2D eigenvalue weighted by atomic mass is 35.5. The molecule has 3 rings (SSSR count). The number of halogens is 2. The second-order valence-corrected chi connectivity index (χ2v) is 9.32. The number of nitrogens with one attached hydrogen (secondary N) is 1.